The first-order chi connectivity index (χ1) is 12.9. The van der Waals surface area contributed by atoms with Crippen molar-refractivity contribution in [3.8, 4) is 0 Å². The van der Waals surface area contributed by atoms with E-state index in [2.05, 4.69) is 4.74 Å². The van der Waals surface area contributed by atoms with Crippen molar-refractivity contribution in [3.05, 3.63) is 70.7 Å². The van der Waals surface area contributed by atoms with Gasteiger partial charge >= 0.3 is 12.1 Å². The Morgan fingerprint density at radius 1 is 1.04 bits per heavy atom. The van der Waals surface area contributed by atoms with Crippen LogP contribution in [0, 0.1) is 0 Å². The van der Waals surface area contributed by atoms with Crippen LogP contribution in [0.15, 0.2) is 54.6 Å². The van der Waals surface area contributed by atoms with Crippen LogP contribution < -0.4 is 5.32 Å². The Morgan fingerprint density at radius 2 is 1.67 bits per heavy atom. The summed E-state index contributed by atoms with van der Waals surface area (Å²) in [6, 6.07) is 15.8. The van der Waals surface area contributed by atoms with E-state index in [4.69, 9.17) is 16.3 Å². The number of amides is 2. The highest BCUT2D eigenvalue weighted by Gasteiger charge is 2.23. The topological polar surface area (TPSA) is 81.7 Å². The molecule has 0 saturated carbocycles. The van der Waals surface area contributed by atoms with Crippen LogP contribution in [0.5, 0.6) is 0 Å². The standard InChI is InChI=1S/C20H18ClNO5/c1-13(18(23)22-20(25)26-2)27-19(24)17(12-14-6-4-3-5-7-14)15-8-10-16(21)11-9-15/h3-13H,1-2H3,(H,22,23,25)/b17-12+/t13-/m1/s1. The third-order valence-electron chi connectivity index (χ3n) is 3.55. The molecule has 6 nitrogen and oxygen atoms in total. The fraction of sp³-hybridized carbons (Fsp3) is 0.150. The maximum absolute atomic E-state index is 12.7. The molecule has 0 fully saturated rings. The number of carbonyl (C=O) groups excluding carboxylic acids is 3. The van der Waals surface area contributed by atoms with Crippen LogP contribution in [-0.4, -0.2) is 31.2 Å². The monoisotopic (exact) mass is 387 g/mol. The zero-order chi connectivity index (χ0) is 19.8. The smallest absolute Gasteiger partial charge is 0.413 e. The van der Waals surface area contributed by atoms with Crippen molar-refractivity contribution in [1.82, 2.24) is 5.32 Å². The summed E-state index contributed by atoms with van der Waals surface area (Å²) in [5, 5.41) is 2.48. The average Bonchev–Trinajstić information content (AvgIpc) is 2.67. The molecule has 1 atom stereocenters. The van der Waals surface area contributed by atoms with E-state index < -0.39 is 24.1 Å². The van der Waals surface area contributed by atoms with Gasteiger partial charge in [-0.1, -0.05) is 54.1 Å². The highest BCUT2D eigenvalue weighted by atomic mass is 35.5. The number of hydrogen-bond donors (Lipinski definition) is 1. The lowest BCUT2D eigenvalue weighted by Crippen LogP contribution is -2.39. The molecule has 0 saturated heterocycles. The van der Waals surface area contributed by atoms with Gasteiger partial charge in [-0.2, -0.15) is 0 Å². The Hall–Kier alpha value is -3.12. The first-order valence-electron chi connectivity index (χ1n) is 8.03. The van der Waals surface area contributed by atoms with Crippen LogP contribution in [-0.2, 0) is 19.1 Å². The quantitative estimate of drug-likeness (QED) is 0.480. The Bertz CT molecular complexity index is 846. The van der Waals surface area contributed by atoms with E-state index in [1.807, 2.05) is 35.6 Å². The summed E-state index contributed by atoms with van der Waals surface area (Å²) >= 11 is 5.91. The van der Waals surface area contributed by atoms with Crippen LogP contribution in [0.3, 0.4) is 0 Å². The van der Waals surface area contributed by atoms with Crippen molar-refractivity contribution < 1.29 is 23.9 Å². The summed E-state index contributed by atoms with van der Waals surface area (Å²) in [4.78, 5) is 35.7. The molecular weight excluding hydrogens is 370 g/mol. The van der Waals surface area contributed by atoms with Crippen molar-refractivity contribution in [2.45, 2.75) is 13.0 Å². The van der Waals surface area contributed by atoms with Gasteiger partial charge in [-0.05, 0) is 36.3 Å². The third-order valence-corrected chi connectivity index (χ3v) is 3.80. The number of halogens is 1. The summed E-state index contributed by atoms with van der Waals surface area (Å²) in [6.07, 6.45) is -0.472. The summed E-state index contributed by atoms with van der Waals surface area (Å²) in [7, 11) is 1.13. The molecule has 0 bridgehead atoms. The molecule has 27 heavy (non-hydrogen) atoms. The van der Waals surface area contributed by atoms with Gasteiger partial charge < -0.3 is 9.47 Å². The van der Waals surface area contributed by atoms with E-state index in [-0.39, 0.29) is 5.57 Å². The lowest BCUT2D eigenvalue weighted by molar-refractivity contribution is -0.149. The minimum Gasteiger partial charge on any atom is -0.453 e. The Balaban J connectivity index is 2.26. The number of ether oxygens (including phenoxy) is 2. The number of hydrogen-bond acceptors (Lipinski definition) is 5. The first-order valence-corrected chi connectivity index (χ1v) is 8.41. The van der Waals surface area contributed by atoms with E-state index in [1.165, 1.54) is 6.92 Å². The van der Waals surface area contributed by atoms with Crippen molar-refractivity contribution >= 4 is 41.2 Å². The molecule has 2 rings (SSSR count). The first kappa shape index (κ1) is 20.2. The minimum atomic E-state index is -1.19. The molecular formula is C20H18ClNO5. The molecule has 0 aliphatic rings. The molecule has 2 aromatic carbocycles. The molecule has 140 valence electrons. The van der Waals surface area contributed by atoms with Gasteiger partial charge in [-0.15, -0.1) is 0 Å². The lowest BCUT2D eigenvalue weighted by Gasteiger charge is -2.14. The van der Waals surface area contributed by atoms with E-state index >= 15 is 0 Å². The number of rotatable bonds is 5. The number of imide groups is 1. The Labute approximate surface area is 161 Å². The van der Waals surface area contributed by atoms with Crippen LogP contribution in [0.2, 0.25) is 5.02 Å². The van der Waals surface area contributed by atoms with Crippen molar-refractivity contribution in [1.29, 1.82) is 0 Å². The maximum atomic E-state index is 12.7. The van der Waals surface area contributed by atoms with E-state index in [9.17, 15) is 14.4 Å². The largest absolute Gasteiger partial charge is 0.453 e. The summed E-state index contributed by atoms with van der Waals surface area (Å²) in [6.45, 7) is 1.36. The van der Waals surface area contributed by atoms with Gasteiger partial charge in [0.25, 0.3) is 5.91 Å². The van der Waals surface area contributed by atoms with Crippen LogP contribution in [0.4, 0.5) is 4.79 Å². The molecule has 0 aliphatic heterocycles. The second-order valence-corrected chi connectivity index (χ2v) is 5.94. The molecule has 0 heterocycles. The molecule has 0 spiro atoms. The molecule has 0 unspecified atom stereocenters. The summed E-state index contributed by atoms with van der Waals surface area (Å²) < 4.78 is 9.56. The van der Waals surface area contributed by atoms with E-state index in [0.717, 1.165) is 12.7 Å². The van der Waals surface area contributed by atoms with Gasteiger partial charge in [0.1, 0.15) is 0 Å². The second kappa shape index (κ2) is 9.54. The van der Waals surface area contributed by atoms with Crippen molar-refractivity contribution in [3.63, 3.8) is 0 Å². The van der Waals surface area contributed by atoms with Gasteiger partial charge in [0.2, 0.25) is 0 Å². The molecule has 2 amide bonds. The Kier molecular flexibility index (Phi) is 7.14. The number of esters is 1. The molecule has 0 radical (unpaired) electrons. The van der Waals surface area contributed by atoms with E-state index in [1.54, 1.807) is 30.3 Å². The molecule has 1 N–H and O–H groups in total. The third kappa shape index (κ3) is 5.97. The highest BCUT2D eigenvalue weighted by Crippen LogP contribution is 2.22. The van der Waals surface area contributed by atoms with Gasteiger partial charge in [0.05, 0.1) is 12.7 Å². The van der Waals surface area contributed by atoms with Gasteiger partial charge in [-0.3, -0.25) is 10.1 Å². The fourth-order valence-corrected chi connectivity index (χ4v) is 2.26. The lowest BCUT2D eigenvalue weighted by atomic mass is 10.0. The SMILES string of the molecule is COC(=O)NC(=O)[C@@H](C)OC(=O)/C(=C/c1ccccc1)c1ccc(Cl)cc1. The summed E-state index contributed by atoms with van der Waals surface area (Å²) in [5.74, 6) is -1.50. The molecule has 7 heteroatoms. The van der Waals surface area contributed by atoms with Crippen LogP contribution in [0.1, 0.15) is 18.1 Å². The zero-order valence-corrected chi connectivity index (χ0v) is 15.5. The number of benzene rings is 2. The number of methoxy groups -OCH3 is 1. The Morgan fingerprint density at radius 3 is 2.26 bits per heavy atom. The predicted molar refractivity (Wildman–Crippen MR) is 102 cm³/mol. The molecule has 0 aliphatic carbocycles. The normalized spacial score (nSPS) is 12.0. The number of nitrogens with one attached hydrogen (secondary N) is 1. The van der Waals surface area contributed by atoms with Crippen LogP contribution in [0.25, 0.3) is 11.6 Å². The molecule has 2 aromatic rings. The minimum absolute atomic E-state index is 0.246. The van der Waals surface area contributed by atoms with Gasteiger partial charge in [-0.25, -0.2) is 9.59 Å². The van der Waals surface area contributed by atoms with Crippen molar-refractivity contribution in [2.24, 2.45) is 0 Å². The fourth-order valence-electron chi connectivity index (χ4n) is 2.14. The maximum Gasteiger partial charge on any atom is 0.413 e. The van der Waals surface area contributed by atoms with E-state index in [0.29, 0.717) is 10.6 Å². The second-order valence-electron chi connectivity index (χ2n) is 5.50. The molecule has 0 aromatic heterocycles. The summed E-state index contributed by atoms with van der Waals surface area (Å²) in [5.41, 5.74) is 1.61. The highest BCUT2D eigenvalue weighted by molar-refractivity contribution is 6.30. The number of alkyl carbamates (subject to hydrolysis) is 1. The van der Waals surface area contributed by atoms with Crippen molar-refractivity contribution in [2.75, 3.05) is 7.11 Å². The van der Waals surface area contributed by atoms with Gasteiger partial charge in [0.15, 0.2) is 6.10 Å². The predicted octanol–water partition coefficient (Wildman–Crippen LogP) is 3.69. The van der Waals surface area contributed by atoms with Crippen LogP contribution >= 0.6 is 11.6 Å². The average molecular weight is 388 g/mol. The zero-order valence-electron chi connectivity index (χ0n) is 14.8. The number of carbonyl (C=O) groups is 3. The van der Waals surface area contributed by atoms with Gasteiger partial charge in [0, 0.05) is 5.02 Å².